The zero-order valence-corrected chi connectivity index (χ0v) is 19.8. The molecule has 1 aromatic heterocycles. The van der Waals surface area contributed by atoms with Crippen molar-refractivity contribution in [2.45, 2.75) is 0 Å². The van der Waals surface area contributed by atoms with E-state index >= 15 is 0 Å². The van der Waals surface area contributed by atoms with E-state index in [-0.39, 0.29) is 16.9 Å². The maximum Gasteiger partial charge on any atom is 0.341 e. The predicted octanol–water partition coefficient (Wildman–Crippen LogP) is 5.56. The largest absolute Gasteiger partial charge is 0.497 e. The standard InChI is InChI=1S/C28H24O7/c1-31-19-12-10-18(11-13-19)27-25(24-22(33-3)15-20(32-2)16-23(24)35-27)26(29)21(28(30)34-4)14-17-8-6-5-7-9-17/h5-16H,1-4H3/b21-14-. The molecule has 0 saturated carbocycles. The second kappa shape index (κ2) is 10.2. The Kier molecular flexibility index (Phi) is 6.87. The zero-order chi connectivity index (χ0) is 24.9. The van der Waals surface area contributed by atoms with Crippen LogP contribution in [0.5, 0.6) is 17.2 Å². The number of carbonyl (C=O) groups excluding carboxylic acids is 2. The van der Waals surface area contributed by atoms with Crippen molar-refractivity contribution in [3.8, 4) is 28.6 Å². The van der Waals surface area contributed by atoms with Crippen molar-refractivity contribution in [1.82, 2.24) is 0 Å². The van der Waals surface area contributed by atoms with E-state index in [9.17, 15) is 9.59 Å². The van der Waals surface area contributed by atoms with E-state index in [2.05, 4.69) is 0 Å². The molecule has 0 aliphatic rings. The first-order valence-electron chi connectivity index (χ1n) is 10.7. The van der Waals surface area contributed by atoms with Gasteiger partial charge in [-0.25, -0.2) is 4.79 Å². The molecule has 3 aromatic carbocycles. The average molecular weight is 472 g/mol. The molecule has 0 fully saturated rings. The van der Waals surface area contributed by atoms with Crippen LogP contribution >= 0.6 is 0 Å². The van der Waals surface area contributed by atoms with Gasteiger partial charge in [-0.1, -0.05) is 30.3 Å². The summed E-state index contributed by atoms with van der Waals surface area (Å²) in [6.45, 7) is 0. The molecule has 0 unspecified atom stereocenters. The normalized spacial score (nSPS) is 11.3. The lowest BCUT2D eigenvalue weighted by atomic mass is 9.95. The van der Waals surface area contributed by atoms with Gasteiger partial charge in [0, 0.05) is 17.7 Å². The molecule has 1 heterocycles. The molecule has 0 bridgehead atoms. The first-order chi connectivity index (χ1) is 17.0. The summed E-state index contributed by atoms with van der Waals surface area (Å²) in [6, 6.07) is 19.5. The van der Waals surface area contributed by atoms with Crippen LogP contribution in [0.25, 0.3) is 28.4 Å². The molecular formula is C28H24O7. The highest BCUT2D eigenvalue weighted by atomic mass is 16.5. The highest BCUT2D eigenvalue weighted by molar-refractivity contribution is 6.32. The molecule has 0 saturated heterocycles. The van der Waals surface area contributed by atoms with Gasteiger partial charge in [-0.05, 0) is 35.9 Å². The van der Waals surface area contributed by atoms with Gasteiger partial charge >= 0.3 is 5.97 Å². The summed E-state index contributed by atoms with van der Waals surface area (Å²) >= 11 is 0. The van der Waals surface area contributed by atoms with Crippen molar-refractivity contribution in [2.24, 2.45) is 0 Å². The Labute approximate surface area is 202 Å². The molecule has 7 heteroatoms. The van der Waals surface area contributed by atoms with E-state index in [0.717, 1.165) is 0 Å². The summed E-state index contributed by atoms with van der Waals surface area (Å²) in [5, 5.41) is 0.423. The zero-order valence-electron chi connectivity index (χ0n) is 19.8. The van der Waals surface area contributed by atoms with Crippen LogP contribution in [0.1, 0.15) is 15.9 Å². The fraction of sp³-hybridized carbons (Fsp3) is 0.143. The van der Waals surface area contributed by atoms with Gasteiger partial charge < -0.3 is 23.4 Å². The van der Waals surface area contributed by atoms with Crippen LogP contribution in [0.2, 0.25) is 0 Å². The molecule has 0 spiro atoms. The quantitative estimate of drug-likeness (QED) is 0.109. The number of ketones is 1. The third-order valence-corrected chi connectivity index (χ3v) is 5.52. The van der Waals surface area contributed by atoms with E-state index in [0.29, 0.717) is 39.3 Å². The third kappa shape index (κ3) is 4.61. The fourth-order valence-electron chi connectivity index (χ4n) is 3.79. The van der Waals surface area contributed by atoms with E-state index in [4.69, 9.17) is 23.4 Å². The van der Waals surface area contributed by atoms with Crippen LogP contribution < -0.4 is 14.2 Å². The maximum absolute atomic E-state index is 14.0. The van der Waals surface area contributed by atoms with Crippen LogP contribution in [0, 0.1) is 0 Å². The number of fused-ring (bicyclic) bond motifs is 1. The van der Waals surface area contributed by atoms with Gasteiger partial charge in [-0.15, -0.1) is 0 Å². The van der Waals surface area contributed by atoms with Crippen molar-refractivity contribution in [1.29, 1.82) is 0 Å². The number of Topliss-reactive ketones (excluding diaryl/α,β-unsaturated/α-hetero) is 1. The van der Waals surface area contributed by atoms with Gasteiger partial charge in [0.1, 0.15) is 34.2 Å². The van der Waals surface area contributed by atoms with Crippen molar-refractivity contribution in [3.63, 3.8) is 0 Å². The number of hydrogen-bond donors (Lipinski definition) is 0. The van der Waals surface area contributed by atoms with Crippen LogP contribution in [0.15, 0.2) is 76.7 Å². The van der Waals surface area contributed by atoms with Crippen LogP contribution in [0.4, 0.5) is 0 Å². The van der Waals surface area contributed by atoms with Crippen molar-refractivity contribution >= 4 is 28.8 Å². The number of methoxy groups -OCH3 is 4. The Morgan fingerprint density at radius 3 is 2.09 bits per heavy atom. The summed E-state index contributed by atoms with van der Waals surface area (Å²) in [6.07, 6.45) is 1.50. The molecule has 0 N–H and O–H groups in total. The van der Waals surface area contributed by atoms with E-state index in [1.165, 1.54) is 27.4 Å². The van der Waals surface area contributed by atoms with Gasteiger partial charge in [0.2, 0.25) is 5.78 Å². The number of esters is 1. The summed E-state index contributed by atoms with van der Waals surface area (Å²) in [5.41, 5.74) is 1.70. The molecule has 7 nitrogen and oxygen atoms in total. The van der Waals surface area contributed by atoms with Gasteiger partial charge in [0.05, 0.1) is 39.4 Å². The van der Waals surface area contributed by atoms with Crippen molar-refractivity contribution in [3.05, 3.63) is 83.4 Å². The molecule has 35 heavy (non-hydrogen) atoms. The van der Waals surface area contributed by atoms with E-state index < -0.39 is 11.8 Å². The number of carbonyl (C=O) groups is 2. The Bertz CT molecular complexity index is 1400. The number of furan rings is 1. The van der Waals surface area contributed by atoms with Gasteiger partial charge in [-0.2, -0.15) is 0 Å². The van der Waals surface area contributed by atoms with Crippen molar-refractivity contribution in [2.75, 3.05) is 28.4 Å². The molecule has 0 aliphatic carbocycles. The minimum Gasteiger partial charge on any atom is -0.497 e. The van der Waals surface area contributed by atoms with Gasteiger partial charge in [-0.3, -0.25) is 4.79 Å². The molecule has 0 aliphatic heterocycles. The molecular weight excluding hydrogens is 448 g/mol. The summed E-state index contributed by atoms with van der Waals surface area (Å²) in [4.78, 5) is 26.8. The first-order valence-corrected chi connectivity index (χ1v) is 10.7. The molecule has 4 rings (SSSR count). The van der Waals surface area contributed by atoms with Gasteiger partial charge in [0.25, 0.3) is 0 Å². The molecule has 4 aromatic rings. The second-order valence-corrected chi connectivity index (χ2v) is 7.53. The lowest BCUT2D eigenvalue weighted by molar-refractivity contribution is -0.135. The predicted molar refractivity (Wildman–Crippen MR) is 132 cm³/mol. The minimum atomic E-state index is -0.763. The Hall–Kier alpha value is -4.52. The van der Waals surface area contributed by atoms with Gasteiger partial charge in [0.15, 0.2) is 0 Å². The molecule has 178 valence electrons. The first kappa shape index (κ1) is 23.6. The molecule has 0 radical (unpaired) electrons. The fourth-order valence-corrected chi connectivity index (χ4v) is 3.79. The molecule has 0 amide bonds. The van der Waals surface area contributed by atoms with Crippen LogP contribution in [0.3, 0.4) is 0 Å². The van der Waals surface area contributed by atoms with E-state index in [1.807, 2.05) is 18.2 Å². The molecule has 0 atom stereocenters. The second-order valence-electron chi connectivity index (χ2n) is 7.53. The number of hydrogen-bond acceptors (Lipinski definition) is 7. The summed E-state index contributed by atoms with van der Waals surface area (Å²) in [7, 11) is 5.82. The highest BCUT2D eigenvalue weighted by Crippen LogP contribution is 2.42. The maximum atomic E-state index is 14.0. The number of ether oxygens (including phenoxy) is 4. The Balaban J connectivity index is 2.01. The number of benzene rings is 3. The average Bonchev–Trinajstić information content (AvgIpc) is 3.30. The highest BCUT2D eigenvalue weighted by Gasteiger charge is 2.31. The number of rotatable bonds is 8. The Morgan fingerprint density at radius 1 is 0.800 bits per heavy atom. The topological polar surface area (TPSA) is 84.2 Å². The third-order valence-electron chi connectivity index (χ3n) is 5.52. The smallest absolute Gasteiger partial charge is 0.341 e. The lowest BCUT2D eigenvalue weighted by Gasteiger charge is -2.09. The van der Waals surface area contributed by atoms with Crippen LogP contribution in [-0.4, -0.2) is 40.2 Å². The lowest BCUT2D eigenvalue weighted by Crippen LogP contribution is -2.15. The minimum absolute atomic E-state index is 0.144. The summed E-state index contributed by atoms with van der Waals surface area (Å²) < 4.78 is 27.3. The summed E-state index contributed by atoms with van der Waals surface area (Å²) in [5.74, 6) is 0.472. The Morgan fingerprint density at radius 2 is 1.49 bits per heavy atom. The van der Waals surface area contributed by atoms with Crippen LogP contribution in [-0.2, 0) is 9.53 Å². The van der Waals surface area contributed by atoms with E-state index in [1.54, 1.807) is 55.6 Å². The van der Waals surface area contributed by atoms with Crippen molar-refractivity contribution < 1.29 is 33.0 Å². The monoisotopic (exact) mass is 472 g/mol. The SMILES string of the molecule is COC(=O)/C(=C\c1ccccc1)C(=O)c1c(-c2ccc(OC)cc2)oc2cc(OC)cc(OC)c12.